The summed E-state index contributed by atoms with van der Waals surface area (Å²) < 4.78 is 27.4. The number of aryl methyl sites for hydroxylation is 2. The average Bonchev–Trinajstić information content (AvgIpc) is 3.09. The maximum atomic E-state index is 12.9. The number of amides is 1. The minimum absolute atomic E-state index is 0.173. The van der Waals surface area contributed by atoms with Crippen LogP contribution in [0, 0.1) is 13.8 Å². The lowest BCUT2D eigenvalue weighted by Crippen LogP contribution is -2.43. The van der Waals surface area contributed by atoms with Gasteiger partial charge in [0.15, 0.2) is 0 Å². The number of hydrogen-bond donors (Lipinski definition) is 1. The highest BCUT2D eigenvalue weighted by Gasteiger charge is 2.35. The van der Waals surface area contributed by atoms with Crippen LogP contribution in [-0.2, 0) is 10.0 Å². The third-order valence-electron chi connectivity index (χ3n) is 4.73. The van der Waals surface area contributed by atoms with Crippen molar-refractivity contribution in [3.05, 3.63) is 65.2 Å². The van der Waals surface area contributed by atoms with Gasteiger partial charge in [-0.15, -0.1) is 0 Å². The van der Waals surface area contributed by atoms with Crippen molar-refractivity contribution in [1.29, 1.82) is 0 Å². The van der Waals surface area contributed by atoms with Gasteiger partial charge in [0.25, 0.3) is 5.91 Å². The quantitative estimate of drug-likeness (QED) is 0.878. The highest BCUT2D eigenvalue weighted by molar-refractivity contribution is 7.89. The maximum Gasteiger partial charge on any atom is 0.251 e. The van der Waals surface area contributed by atoms with Crippen LogP contribution in [0.4, 0.5) is 0 Å². The van der Waals surface area contributed by atoms with Crippen molar-refractivity contribution >= 4 is 15.9 Å². The van der Waals surface area contributed by atoms with Crippen molar-refractivity contribution in [1.82, 2.24) is 9.62 Å². The Labute approximate surface area is 155 Å². The number of sulfonamides is 1. The number of rotatable bonds is 5. The minimum atomic E-state index is -3.54. The van der Waals surface area contributed by atoms with E-state index in [4.69, 9.17) is 0 Å². The van der Waals surface area contributed by atoms with Crippen molar-refractivity contribution in [2.75, 3.05) is 13.1 Å². The Morgan fingerprint density at radius 2 is 1.85 bits per heavy atom. The second-order valence-corrected chi connectivity index (χ2v) is 8.69. The summed E-state index contributed by atoms with van der Waals surface area (Å²) in [5.41, 5.74) is 2.63. The number of nitrogens with zero attached hydrogens (tertiary/aromatic N) is 1. The zero-order chi connectivity index (χ0) is 18.7. The van der Waals surface area contributed by atoms with E-state index in [0.717, 1.165) is 24.0 Å². The van der Waals surface area contributed by atoms with Gasteiger partial charge < -0.3 is 5.32 Å². The van der Waals surface area contributed by atoms with Crippen LogP contribution in [0.2, 0.25) is 0 Å². The van der Waals surface area contributed by atoms with Crippen LogP contribution in [0.1, 0.15) is 34.3 Å². The molecule has 6 heteroatoms. The number of carbonyl (C=O) groups is 1. The molecule has 0 saturated carbocycles. The van der Waals surface area contributed by atoms with Gasteiger partial charge in [-0.2, -0.15) is 4.31 Å². The topological polar surface area (TPSA) is 66.5 Å². The van der Waals surface area contributed by atoms with E-state index in [1.165, 1.54) is 4.31 Å². The van der Waals surface area contributed by atoms with E-state index in [1.807, 2.05) is 32.0 Å². The highest BCUT2D eigenvalue weighted by Crippen LogP contribution is 2.26. The van der Waals surface area contributed by atoms with Crippen LogP contribution in [-0.4, -0.2) is 37.8 Å². The van der Waals surface area contributed by atoms with Crippen LogP contribution >= 0.6 is 0 Å². The second kappa shape index (κ2) is 7.60. The van der Waals surface area contributed by atoms with Crippen molar-refractivity contribution in [2.24, 2.45) is 0 Å². The van der Waals surface area contributed by atoms with E-state index in [1.54, 1.807) is 30.3 Å². The Balaban J connectivity index is 1.70. The molecule has 1 atom stereocenters. The normalized spacial score (nSPS) is 18.0. The molecule has 0 unspecified atom stereocenters. The third kappa shape index (κ3) is 3.97. The zero-order valence-corrected chi connectivity index (χ0v) is 15.9. The van der Waals surface area contributed by atoms with Crippen LogP contribution in [0.15, 0.2) is 53.4 Å². The van der Waals surface area contributed by atoms with Gasteiger partial charge in [-0.3, -0.25) is 4.79 Å². The van der Waals surface area contributed by atoms with Crippen LogP contribution < -0.4 is 5.32 Å². The molecule has 138 valence electrons. The van der Waals surface area contributed by atoms with Gasteiger partial charge >= 0.3 is 0 Å². The Morgan fingerprint density at radius 3 is 2.54 bits per heavy atom. The molecule has 2 aromatic rings. The second-order valence-electron chi connectivity index (χ2n) is 6.80. The molecule has 0 spiro atoms. The van der Waals surface area contributed by atoms with Crippen molar-refractivity contribution in [3.63, 3.8) is 0 Å². The van der Waals surface area contributed by atoms with Gasteiger partial charge in [-0.1, -0.05) is 35.4 Å². The van der Waals surface area contributed by atoms with Gasteiger partial charge in [0.2, 0.25) is 10.0 Å². The first-order chi connectivity index (χ1) is 12.4. The predicted molar refractivity (Wildman–Crippen MR) is 102 cm³/mol. The molecule has 1 fully saturated rings. The first kappa shape index (κ1) is 18.6. The summed E-state index contributed by atoms with van der Waals surface area (Å²) in [5.74, 6) is -0.173. The van der Waals surface area contributed by atoms with Gasteiger partial charge in [-0.25, -0.2) is 8.42 Å². The summed E-state index contributed by atoms with van der Waals surface area (Å²) >= 11 is 0. The van der Waals surface area contributed by atoms with E-state index >= 15 is 0 Å². The summed E-state index contributed by atoms with van der Waals surface area (Å²) in [6.07, 6.45) is 1.55. The predicted octanol–water partition coefficient (Wildman–Crippen LogP) is 2.89. The SMILES string of the molecule is Cc1ccc(S(=O)(=O)N2CCC[C@H]2CNC(=O)c2cccc(C)c2)cc1. The van der Waals surface area contributed by atoms with Crippen LogP contribution in [0.5, 0.6) is 0 Å². The summed E-state index contributed by atoms with van der Waals surface area (Å²) in [6.45, 7) is 4.67. The van der Waals surface area contributed by atoms with E-state index in [9.17, 15) is 13.2 Å². The molecule has 0 aliphatic carbocycles. The Hall–Kier alpha value is -2.18. The zero-order valence-electron chi connectivity index (χ0n) is 15.1. The van der Waals surface area contributed by atoms with E-state index in [2.05, 4.69) is 5.32 Å². The lowest BCUT2D eigenvalue weighted by molar-refractivity contribution is 0.0946. The average molecular weight is 372 g/mol. The van der Waals surface area contributed by atoms with Gasteiger partial charge in [0.05, 0.1) is 4.90 Å². The lowest BCUT2D eigenvalue weighted by atomic mass is 10.1. The van der Waals surface area contributed by atoms with E-state index < -0.39 is 10.0 Å². The Morgan fingerprint density at radius 1 is 1.12 bits per heavy atom. The molecule has 1 N–H and O–H groups in total. The standard InChI is InChI=1S/C20H24N2O3S/c1-15-8-10-19(11-9-15)26(24,25)22-12-4-7-18(22)14-21-20(23)17-6-3-5-16(2)13-17/h3,5-6,8-11,13,18H,4,7,12,14H2,1-2H3,(H,21,23)/t18-/m0/s1. The van der Waals surface area contributed by atoms with Gasteiger partial charge in [-0.05, 0) is 51.0 Å². The third-order valence-corrected chi connectivity index (χ3v) is 6.70. The molecule has 0 bridgehead atoms. The number of benzene rings is 2. The Kier molecular flexibility index (Phi) is 5.44. The summed E-state index contributed by atoms with van der Waals surface area (Å²) in [6, 6.07) is 14.0. The molecule has 1 saturated heterocycles. The first-order valence-electron chi connectivity index (χ1n) is 8.81. The molecule has 1 amide bonds. The molecular formula is C20H24N2O3S. The molecule has 1 heterocycles. The maximum absolute atomic E-state index is 12.9. The van der Waals surface area contributed by atoms with Crippen LogP contribution in [0.3, 0.4) is 0 Å². The summed E-state index contributed by atoms with van der Waals surface area (Å²) in [5, 5.41) is 2.89. The molecule has 2 aromatic carbocycles. The van der Waals surface area contributed by atoms with Crippen molar-refractivity contribution < 1.29 is 13.2 Å². The molecule has 0 radical (unpaired) electrons. The molecule has 3 rings (SSSR count). The van der Waals surface area contributed by atoms with Gasteiger partial charge in [0, 0.05) is 24.7 Å². The molecule has 26 heavy (non-hydrogen) atoms. The molecule has 1 aliphatic rings. The fourth-order valence-corrected chi connectivity index (χ4v) is 4.97. The molecule has 0 aromatic heterocycles. The largest absolute Gasteiger partial charge is 0.350 e. The number of nitrogens with one attached hydrogen (secondary N) is 1. The molecule has 5 nitrogen and oxygen atoms in total. The minimum Gasteiger partial charge on any atom is -0.350 e. The fourth-order valence-electron chi connectivity index (χ4n) is 3.27. The first-order valence-corrected chi connectivity index (χ1v) is 10.3. The molecular weight excluding hydrogens is 348 g/mol. The van der Waals surface area contributed by atoms with Crippen molar-refractivity contribution in [2.45, 2.75) is 37.6 Å². The van der Waals surface area contributed by atoms with Gasteiger partial charge in [0.1, 0.15) is 0 Å². The van der Waals surface area contributed by atoms with E-state index in [-0.39, 0.29) is 11.9 Å². The number of hydrogen-bond acceptors (Lipinski definition) is 3. The summed E-state index contributed by atoms with van der Waals surface area (Å²) in [4.78, 5) is 12.6. The summed E-state index contributed by atoms with van der Waals surface area (Å²) in [7, 11) is -3.54. The smallest absolute Gasteiger partial charge is 0.251 e. The Bertz CT molecular complexity index is 892. The van der Waals surface area contributed by atoms with Crippen molar-refractivity contribution in [3.8, 4) is 0 Å². The highest BCUT2D eigenvalue weighted by atomic mass is 32.2. The fraction of sp³-hybridized carbons (Fsp3) is 0.350. The monoisotopic (exact) mass is 372 g/mol. The van der Waals surface area contributed by atoms with E-state index in [0.29, 0.717) is 23.5 Å². The lowest BCUT2D eigenvalue weighted by Gasteiger charge is -2.24. The number of carbonyl (C=O) groups excluding carboxylic acids is 1. The molecule has 1 aliphatic heterocycles. The van der Waals surface area contributed by atoms with Crippen LogP contribution in [0.25, 0.3) is 0 Å².